The summed E-state index contributed by atoms with van der Waals surface area (Å²) in [6.07, 6.45) is 0. The highest BCUT2D eigenvalue weighted by atomic mass is 35.5. The van der Waals surface area contributed by atoms with Crippen molar-refractivity contribution in [1.82, 2.24) is 0 Å². The third kappa shape index (κ3) is 35.8. The minimum absolute atomic E-state index is 0.499. The van der Waals surface area contributed by atoms with Gasteiger partial charge in [0.15, 0.2) is 0 Å². The fourth-order valence-electron chi connectivity index (χ4n) is 2.44. The Balaban J connectivity index is 3.00. The van der Waals surface area contributed by atoms with Crippen LogP contribution in [0.3, 0.4) is 0 Å². The Kier molecular flexibility index (Phi) is 35.6. The van der Waals surface area contributed by atoms with Gasteiger partial charge in [-0.2, -0.15) is 0 Å². The molecule has 0 radical (unpaired) electrons. The summed E-state index contributed by atoms with van der Waals surface area (Å²) >= 11 is 5.50. The van der Waals surface area contributed by atoms with E-state index in [9.17, 15) is 0 Å². The third-order valence-electron chi connectivity index (χ3n) is 4.20. The summed E-state index contributed by atoms with van der Waals surface area (Å²) in [5.74, 6) is 0.499. The van der Waals surface area contributed by atoms with E-state index in [0.717, 1.165) is 0 Å². The van der Waals surface area contributed by atoms with Crippen LogP contribution in [0.15, 0.2) is 0 Å². The molecule has 0 aromatic carbocycles. The SMILES string of the molecule is NCCOCCOCCOCCOCCOCCOCCOCCOCCOCCOCCOCCCl. The predicted octanol–water partition coefficient (Wildman–Crippen LogP) is 0.367. The van der Waals surface area contributed by atoms with E-state index >= 15 is 0 Å². The van der Waals surface area contributed by atoms with Gasteiger partial charge in [-0.3, -0.25) is 0 Å². The van der Waals surface area contributed by atoms with Crippen LogP contribution in [0.25, 0.3) is 0 Å². The zero-order chi connectivity index (χ0) is 26.7. The molecule has 12 nitrogen and oxygen atoms in total. The number of halogens is 1. The van der Waals surface area contributed by atoms with Crippen LogP contribution < -0.4 is 5.73 Å². The highest BCUT2D eigenvalue weighted by Crippen LogP contribution is 1.87. The minimum Gasteiger partial charge on any atom is -0.378 e. The maximum Gasteiger partial charge on any atom is 0.0701 e. The number of ether oxygens (including phenoxy) is 11. The van der Waals surface area contributed by atoms with Crippen LogP contribution in [0.2, 0.25) is 0 Å². The van der Waals surface area contributed by atoms with E-state index in [1.165, 1.54) is 0 Å². The van der Waals surface area contributed by atoms with Gasteiger partial charge in [0.05, 0.1) is 145 Å². The lowest BCUT2D eigenvalue weighted by Gasteiger charge is -2.09. The molecule has 2 N–H and O–H groups in total. The number of alkyl halides is 1. The van der Waals surface area contributed by atoms with E-state index in [1.54, 1.807) is 0 Å². The number of hydrogen-bond acceptors (Lipinski definition) is 12. The van der Waals surface area contributed by atoms with Gasteiger partial charge in [0.1, 0.15) is 0 Å². The molecule has 0 aliphatic heterocycles. The highest BCUT2D eigenvalue weighted by molar-refractivity contribution is 6.17. The van der Waals surface area contributed by atoms with Crippen LogP contribution in [0.4, 0.5) is 0 Å². The summed E-state index contributed by atoms with van der Waals surface area (Å²) in [5, 5.41) is 0. The second-order valence-corrected chi connectivity index (χ2v) is 7.59. The van der Waals surface area contributed by atoms with Crippen molar-refractivity contribution in [1.29, 1.82) is 0 Å². The summed E-state index contributed by atoms with van der Waals surface area (Å²) in [4.78, 5) is 0. The molecule has 37 heavy (non-hydrogen) atoms. The highest BCUT2D eigenvalue weighted by Gasteiger charge is 1.96. The summed E-state index contributed by atoms with van der Waals surface area (Å²) in [7, 11) is 0. The Morgan fingerprint density at radius 3 is 0.595 bits per heavy atom. The second-order valence-electron chi connectivity index (χ2n) is 7.21. The Hall–Kier alpha value is -0.190. The maximum atomic E-state index is 5.50. The average molecular weight is 564 g/mol. The van der Waals surface area contributed by atoms with E-state index < -0.39 is 0 Å². The monoisotopic (exact) mass is 563 g/mol. The van der Waals surface area contributed by atoms with Crippen LogP contribution in [-0.4, -0.2) is 158 Å². The molecule has 0 rings (SSSR count). The van der Waals surface area contributed by atoms with Crippen molar-refractivity contribution in [3.63, 3.8) is 0 Å². The van der Waals surface area contributed by atoms with Gasteiger partial charge in [0, 0.05) is 12.4 Å². The Labute approximate surface area is 227 Å². The quantitative estimate of drug-likeness (QED) is 0.0857. The molecule has 0 spiro atoms. The van der Waals surface area contributed by atoms with Gasteiger partial charge in [-0.25, -0.2) is 0 Å². The molecule has 0 heterocycles. The first kappa shape index (κ1) is 36.8. The molecule has 0 fully saturated rings. The molecule has 0 bridgehead atoms. The van der Waals surface area contributed by atoms with E-state index in [-0.39, 0.29) is 0 Å². The normalized spacial score (nSPS) is 11.5. The maximum absolute atomic E-state index is 5.50. The van der Waals surface area contributed by atoms with Crippen molar-refractivity contribution in [2.24, 2.45) is 5.73 Å². The molecular formula is C24H50ClNO11. The Morgan fingerprint density at radius 1 is 0.270 bits per heavy atom. The van der Waals surface area contributed by atoms with Crippen LogP contribution in [0, 0.1) is 0 Å². The van der Waals surface area contributed by atoms with Crippen molar-refractivity contribution in [2.45, 2.75) is 0 Å². The minimum atomic E-state index is 0.499. The molecule has 0 aliphatic carbocycles. The number of hydrogen-bond donors (Lipinski definition) is 1. The molecule has 0 aromatic rings. The Morgan fingerprint density at radius 2 is 0.432 bits per heavy atom. The number of rotatable bonds is 34. The third-order valence-corrected chi connectivity index (χ3v) is 4.36. The number of nitrogens with two attached hydrogens (primary N) is 1. The van der Waals surface area contributed by atoms with Crippen LogP contribution in [0.1, 0.15) is 0 Å². The van der Waals surface area contributed by atoms with E-state index in [1.807, 2.05) is 0 Å². The average Bonchev–Trinajstić information content (AvgIpc) is 2.91. The van der Waals surface area contributed by atoms with Gasteiger partial charge in [-0.15, -0.1) is 11.6 Å². The zero-order valence-corrected chi connectivity index (χ0v) is 23.2. The lowest BCUT2D eigenvalue weighted by Crippen LogP contribution is -2.15. The van der Waals surface area contributed by atoms with E-state index in [4.69, 9.17) is 69.4 Å². The van der Waals surface area contributed by atoms with Gasteiger partial charge in [-0.1, -0.05) is 0 Å². The second kappa shape index (κ2) is 35.8. The summed E-state index contributed by atoms with van der Waals surface area (Å²) in [6.45, 7) is 12.2. The van der Waals surface area contributed by atoms with Gasteiger partial charge >= 0.3 is 0 Å². The van der Waals surface area contributed by atoms with Gasteiger partial charge in [-0.05, 0) is 0 Å². The molecule has 0 aliphatic rings. The van der Waals surface area contributed by atoms with Crippen molar-refractivity contribution in [2.75, 3.05) is 158 Å². The molecule has 0 unspecified atom stereocenters. The molecule has 224 valence electrons. The van der Waals surface area contributed by atoms with E-state index in [0.29, 0.717) is 158 Å². The largest absolute Gasteiger partial charge is 0.378 e. The summed E-state index contributed by atoms with van der Waals surface area (Å²) in [5.41, 5.74) is 5.32. The molecular weight excluding hydrogens is 514 g/mol. The Bertz CT molecular complexity index is 370. The molecule has 13 heteroatoms. The van der Waals surface area contributed by atoms with E-state index in [2.05, 4.69) is 0 Å². The fourth-order valence-corrected chi connectivity index (χ4v) is 2.55. The standard InChI is InChI=1S/C24H50ClNO11/c25-1-3-27-5-7-29-9-11-31-13-15-33-17-19-35-21-23-37-24-22-36-20-18-34-16-14-32-12-10-30-8-6-28-4-2-26/h1-24,26H2. The lowest BCUT2D eigenvalue weighted by molar-refractivity contribution is -0.0273. The van der Waals surface area contributed by atoms with Crippen LogP contribution in [0.5, 0.6) is 0 Å². The molecule has 0 aromatic heterocycles. The zero-order valence-electron chi connectivity index (χ0n) is 22.4. The van der Waals surface area contributed by atoms with Crippen molar-refractivity contribution in [3.8, 4) is 0 Å². The predicted molar refractivity (Wildman–Crippen MR) is 139 cm³/mol. The first-order chi connectivity index (χ1) is 18.4. The molecule has 0 saturated heterocycles. The van der Waals surface area contributed by atoms with Gasteiger partial charge < -0.3 is 57.8 Å². The fraction of sp³-hybridized carbons (Fsp3) is 1.00. The first-order valence-electron chi connectivity index (χ1n) is 13.0. The molecule has 0 saturated carbocycles. The molecule has 0 atom stereocenters. The summed E-state index contributed by atoms with van der Waals surface area (Å²) < 4.78 is 59.1. The van der Waals surface area contributed by atoms with Gasteiger partial charge in [0.2, 0.25) is 0 Å². The van der Waals surface area contributed by atoms with Crippen molar-refractivity contribution >= 4 is 11.6 Å². The first-order valence-corrected chi connectivity index (χ1v) is 13.6. The van der Waals surface area contributed by atoms with Gasteiger partial charge in [0.25, 0.3) is 0 Å². The molecule has 0 amide bonds. The van der Waals surface area contributed by atoms with Crippen LogP contribution >= 0.6 is 11.6 Å². The smallest absolute Gasteiger partial charge is 0.0701 e. The summed E-state index contributed by atoms with van der Waals surface area (Å²) in [6, 6.07) is 0. The van der Waals surface area contributed by atoms with Crippen molar-refractivity contribution in [3.05, 3.63) is 0 Å². The van der Waals surface area contributed by atoms with Crippen LogP contribution in [-0.2, 0) is 52.1 Å². The topological polar surface area (TPSA) is 128 Å². The lowest BCUT2D eigenvalue weighted by atomic mass is 10.6. The van der Waals surface area contributed by atoms with Crippen molar-refractivity contribution < 1.29 is 52.1 Å².